The van der Waals surface area contributed by atoms with Gasteiger partial charge in [-0.1, -0.05) is 0 Å². The Hall–Kier alpha value is -0.990. The van der Waals surface area contributed by atoms with E-state index in [-0.39, 0.29) is 5.75 Å². The number of nitrogens with zero attached hydrogens (tertiary/aromatic N) is 2. The molecule has 1 heterocycles. The van der Waals surface area contributed by atoms with E-state index < -0.39 is 6.36 Å². The predicted octanol–water partition coefficient (Wildman–Crippen LogP) is 2.97. The van der Waals surface area contributed by atoms with Gasteiger partial charge in [-0.25, -0.2) is 0 Å². The maximum absolute atomic E-state index is 12.2. The van der Waals surface area contributed by atoms with Crippen molar-refractivity contribution in [3.63, 3.8) is 0 Å². The third-order valence-electron chi connectivity index (χ3n) is 3.40. The lowest BCUT2D eigenvalue weighted by Gasteiger charge is -2.32. The van der Waals surface area contributed by atoms with Crippen molar-refractivity contribution in [1.29, 1.82) is 0 Å². The Kier molecular flexibility index (Phi) is 5.94. The fourth-order valence-corrected chi connectivity index (χ4v) is 2.51. The first-order valence-corrected chi connectivity index (χ1v) is 7.72. The number of piperazine rings is 1. The van der Waals surface area contributed by atoms with Gasteiger partial charge in [-0.2, -0.15) is 0 Å². The summed E-state index contributed by atoms with van der Waals surface area (Å²) in [4.78, 5) is 4.52. The minimum absolute atomic E-state index is 0.287. The van der Waals surface area contributed by atoms with Gasteiger partial charge in [0, 0.05) is 38.8 Å². The van der Waals surface area contributed by atoms with Crippen LogP contribution in [0.4, 0.5) is 13.2 Å². The van der Waals surface area contributed by atoms with Crippen LogP contribution >= 0.6 is 15.9 Å². The number of hydrogen-bond acceptors (Lipinski definition) is 4. The number of benzene rings is 1. The molecule has 1 aromatic carbocycles. The fourth-order valence-electron chi connectivity index (χ4n) is 2.15. The Morgan fingerprint density at radius 2 is 1.86 bits per heavy atom. The van der Waals surface area contributed by atoms with Crippen LogP contribution in [0.3, 0.4) is 0 Å². The van der Waals surface area contributed by atoms with Crippen LogP contribution in [0.1, 0.15) is 0 Å². The van der Waals surface area contributed by atoms with Gasteiger partial charge in [0.2, 0.25) is 0 Å². The van der Waals surface area contributed by atoms with E-state index in [1.807, 2.05) is 0 Å². The van der Waals surface area contributed by atoms with Crippen LogP contribution in [-0.2, 0) is 0 Å². The van der Waals surface area contributed by atoms with Crippen molar-refractivity contribution in [2.75, 3.05) is 46.4 Å². The Morgan fingerprint density at radius 3 is 2.50 bits per heavy atom. The number of ether oxygens (including phenoxy) is 2. The fraction of sp³-hybridized carbons (Fsp3) is 0.571. The van der Waals surface area contributed by atoms with Crippen LogP contribution in [0.5, 0.6) is 11.5 Å². The summed E-state index contributed by atoms with van der Waals surface area (Å²) < 4.78 is 46.7. The molecule has 1 aliphatic heterocycles. The molecule has 0 aromatic heterocycles. The topological polar surface area (TPSA) is 24.9 Å². The monoisotopic (exact) mass is 382 g/mol. The zero-order valence-corrected chi connectivity index (χ0v) is 13.8. The van der Waals surface area contributed by atoms with Crippen LogP contribution in [0.15, 0.2) is 22.7 Å². The highest BCUT2D eigenvalue weighted by atomic mass is 79.9. The molecule has 2 rings (SSSR count). The Labute approximate surface area is 135 Å². The van der Waals surface area contributed by atoms with Gasteiger partial charge in [-0.05, 0) is 35.1 Å². The molecule has 0 aliphatic carbocycles. The Bertz CT molecular complexity index is 491. The number of likely N-dealkylation sites (N-methyl/N-ethyl adjacent to an activating group) is 1. The molecule has 0 bridgehead atoms. The van der Waals surface area contributed by atoms with Gasteiger partial charge in [0.1, 0.15) is 18.1 Å². The zero-order valence-electron chi connectivity index (χ0n) is 12.2. The first-order valence-electron chi connectivity index (χ1n) is 6.92. The van der Waals surface area contributed by atoms with Crippen LogP contribution in [0.25, 0.3) is 0 Å². The summed E-state index contributed by atoms with van der Waals surface area (Å²) in [5.74, 6) is 0.0566. The summed E-state index contributed by atoms with van der Waals surface area (Å²) in [5.41, 5.74) is 0. The van der Waals surface area contributed by atoms with Gasteiger partial charge in [-0.3, -0.25) is 4.90 Å². The molecule has 4 nitrogen and oxygen atoms in total. The van der Waals surface area contributed by atoms with Crippen LogP contribution < -0.4 is 9.47 Å². The molecular formula is C14H18BrF3N2O2. The van der Waals surface area contributed by atoms with Crippen molar-refractivity contribution in [1.82, 2.24) is 9.80 Å². The lowest BCUT2D eigenvalue weighted by atomic mass is 10.3. The number of alkyl halides is 3. The quantitative estimate of drug-likeness (QED) is 0.781. The molecule has 1 saturated heterocycles. The van der Waals surface area contributed by atoms with E-state index >= 15 is 0 Å². The van der Waals surface area contributed by atoms with Gasteiger partial charge in [0.25, 0.3) is 0 Å². The van der Waals surface area contributed by atoms with E-state index in [0.717, 1.165) is 32.7 Å². The minimum Gasteiger partial charge on any atom is -0.491 e. The van der Waals surface area contributed by atoms with E-state index in [0.29, 0.717) is 16.8 Å². The Morgan fingerprint density at radius 1 is 1.18 bits per heavy atom. The number of halogens is 4. The first-order chi connectivity index (χ1) is 10.3. The molecule has 8 heteroatoms. The summed E-state index contributed by atoms with van der Waals surface area (Å²) in [5, 5.41) is 0. The van der Waals surface area contributed by atoms with Crippen molar-refractivity contribution in [2.45, 2.75) is 6.36 Å². The summed E-state index contributed by atoms with van der Waals surface area (Å²) in [6.45, 7) is 5.12. The Balaban J connectivity index is 1.85. The molecule has 124 valence electrons. The van der Waals surface area contributed by atoms with E-state index in [4.69, 9.17) is 4.74 Å². The molecule has 0 unspecified atom stereocenters. The summed E-state index contributed by atoms with van der Waals surface area (Å²) in [6.07, 6.45) is -4.70. The van der Waals surface area contributed by atoms with Gasteiger partial charge in [-0.15, -0.1) is 13.2 Å². The van der Waals surface area contributed by atoms with Crippen molar-refractivity contribution in [3.8, 4) is 11.5 Å². The van der Waals surface area contributed by atoms with Crippen molar-refractivity contribution >= 4 is 15.9 Å². The summed E-state index contributed by atoms with van der Waals surface area (Å²) in [7, 11) is 2.08. The molecule has 1 fully saturated rings. The standard InChI is InChI=1S/C14H18BrF3N2O2/c1-19-4-6-20(7-5-19)8-9-21-13-10-11(2-3-12(13)15)22-14(16,17)18/h2-3,10H,4-9H2,1H3. The molecule has 0 amide bonds. The second-order valence-corrected chi connectivity index (χ2v) is 5.99. The van der Waals surface area contributed by atoms with Crippen LogP contribution in [-0.4, -0.2) is 62.5 Å². The lowest BCUT2D eigenvalue weighted by Crippen LogP contribution is -2.45. The zero-order chi connectivity index (χ0) is 16.2. The van der Waals surface area contributed by atoms with Gasteiger partial charge in [0.05, 0.1) is 4.47 Å². The highest BCUT2D eigenvalue weighted by Gasteiger charge is 2.31. The average molecular weight is 383 g/mol. The van der Waals surface area contributed by atoms with Crippen molar-refractivity contribution < 1.29 is 22.6 Å². The second-order valence-electron chi connectivity index (χ2n) is 5.13. The molecule has 1 aromatic rings. The van der Waals surface area contributed by atoms with Crippen molar-refractivity contribution in [2.24, 2.45) is 0 Å². The van der Waals surface area contributed by atoms with E-state index in [1.165, 1.54) is 18.2 Å². The predicted molar refractivity (Wildman–Crippen MR) is 80.3 cm³/mol. The van der Waals surface area contributed by atoms with Gasteiger partial charge >= 0.3 is 6.36 Å². The highest BCUT2D eigenvalue weighted by Crippen LogP contribution is 2.32. The number of rotatable bonds is 5. The molecule has 0 atom stereocenters. The molecule has 22 heavy (non-hydrogen) atoms. The molecule has 0 N–H and O–H groups in total. The second kappa shape index (κ2) is 7.52. The summed E-state index contributed by atoms with van der Waals surface area (Å²) in [6, 6.07) is 3.96. The van der Waals surface area contributed by atoms with Crippen LogP contribution in [0, 0.1) is 0 Å². The molecular weight excluding hydrogens is 365 g/mol. The maximum atomic E-state index is 12.2. The summed E-state index contributed by atoms with van der Waals surface area (Å²) >= 11 is 3.26. The third kappa shape index (κ3) is 5.66. The lowest BCUT2D eigenvalue weighted by molar-refractivity contribution is -0.274. The van der Waals surface area contributed by atoms with Crippen LogP contribution in [0.2, 0.25) is 0 Å². The normalized spacial score (nSPS) is 17.5. The third-order valence-corrected chi connectivity index (χ3v) is 4.05. The van der Waals surface area contributed by atoms with E-state index in [2.05, 4.69) is 37.5 Å². The van der Waals surface area contributed by atoms with Gasteiger partial charge < -0.3 is 14.4 Å². The van der Waals surface area contributed by atoms with Gasteiger partial charge in [0.15, 0.2) is 0 Å². The molecule has 0 radical (unpaired) electrons. The first kappa shape index (κ1) is 17.4. The number of hydrogen-bond donors (Lipinski definition) is 0. The van der Waals surface area contributed by atoms with E-state index in [1.54, 1.807) is 0 Å². The SMILES string of the molecule is CN1CCN(CCOc2cc(OC(F)(F)F)ccc2Br)CC1. The molecule has 0 spiro atoms. The molecule has 0 saturated carbocycles. The smallest absolute Gasteiger partial charge is 0.491 e. The largest absolute Gasteiger partial charge is 0.573 e. The average Bonchev–Trinajstić information content (AvgIpc) is 2.43. The van der Waals surface area contributed by atoms with E-state index in [9.17, 15) is 13.2 Å². The van der Waals surface area contributed by atoms with Crippen molar-refractivity contribution in [3.05, 3.63) is 22.7 Å². The highest BCUT2D eigenvalue weighted by molar-refractivity contribution is 9.10. The molecule has 1 aliphatic rings. The minimum atomic E-state index is -4.70. The maximum Gasteiger partial charge on any atom is 0.573 e.